The molecule has 0 saturated carbocycles. The highest BCUT2D eigenvalue weighted by Gasteiger charge is 2.30. The lowest BCUT2D eigenvalue weighted by Gasteiger charge is -2.13. The van der Waals surface area contributed by atoms with Crippen LogP contribution in [-0.2, 0) is 6.18 Å². The molecule has 0 aliphatic heterocycles. The van der Waals surface area contributed by atoms with Gasteiger partial charge in [-0.25, -0.2) is 4.68 Å². The summed E-state index contributed by atoms with van der Waals surface area (Å²) in [5.41, 5.74) is 3.97. The highest BCUT2D eigenvalue weighted by Crippen LogP contribution is 2.30. The largest absolute Gasteiger partial charge is 0.416 e. The maximum atomic E-state index is 12.9. The topological polar surface area (TPSA) is 90.0 Å². The van der Waals surface area contributed by atoms with Crippen molar-refractivity contribution in [3.63, 3.8) is 0 Å². The van der Waals surface area contributed by atoms with Crippen molar-refractivity contribution < 1.29 is 18.0 Å². The van der Waals surface area contributed by atoms with Crippen molar-refractivity contribution in [3.8, 4) is 5.69 Å². The first-order chi connectivity index (χ1) is 12.2. The first-order valence-corrected chi connectivity index (χ1v) is 8.01. The van der Waals surface area contributed by atoms with Crippen LogP contribution in [0.5, 0.6) is 0 Å². The number of aromatic nitrogens is 2. The van der Waals surface area contributed by atoms with E-state index in [1.54, 1.807) is 0 Å². The van der Waals surface area contributed by atoms with Crippen LogP contribution < -0.4 is 16.5 Å². The number of nitrogens with two attached hydrogens (primary N) is 1. The van der Waals surface area contributed by atoms with Gasteiger partial charge >= 0.3 is 6.18 Å². The summed E-state index contributed by atoms with van der Waals surface area (Å²) in [4.78, 5) is 24.2. The van der Waals surface area contributed by atoms with E-state index in [2.05, 4.69) is 10.4 Å². The third-order valence-corrected chi connectivity index (χ3v) is 3.66. The number of alkyl halides is 3. The predicted molar refractivity (Wildman–Crippen MR) is 97.4 cm³/mol. The van der Waals surface area contributed by atoms with Gasteiger partial charge in [0.25, 0.3) is 5.91 Å². The second-order valence-corrected chi connectivity index (χ2v) is 5.71. The molecular formula is C17H20ClF3N4O2. The van der Waals surface area contributed by atoms with Crippen LogP contribution in [-0.4, -0.2) is 28.8 Å². The SMILES string of the molecule is Cc1cc(=O)c(C(=O)NCCCCN)nn1-c1cccc(C(F)(F)F)c1.Cl. The van der Waals surface area contributed by atoms with Crippen molar-refractivity contribution in [1.82, 2.24) is 15.1 Å². The smallest absolute Gasteiger partial charge is 0.351 e. The molecule has 0 aliphatic carbocycles. The number of nitrogens with zero attached hydrogens (tertiary/aromatic N) is 2. The van der Waals surface area contributed by atoms with E-state index in [0.717, 1.165) is 23.2 Å². The van der Waals surface area contributed by atoms with Gasteiger partial charge in [-0.1, -0.05) is 6.07 Å². The van der Waals surface area contributed by atoms with Gasteiger partial charge in [0.05, 0.1) is 11.3 Å². The number of rotatable bonds is 6. The average molecular weight is 405 g/mol. The van der Waals surface area contributed by atoms with Crippen molar-refractivity contribution in [2.24, 2.45) is 5.73 Å². The fourth-order valence-corrected chi connectivity index (χ4v) is 2.34. The highest BCUT2D eigenvalue weighted by atomic mass is 35.5. The Hall–Kier alpha value is -2.39. The quantitative estimate of drug-likeness (QED) is 0.724. The van der Waals surface area contributed by atoms with Crippen molar-refractivity contribution in [2.75, 3.05) is 13.1 Å². The van der Waals surface area contributed by atoms with Gasteiger partial charge in [0.15, 0.2) is 5.69 Å². The maximum absolute atomic E-state index is 12.9. The molecule has 0 aliphatic rings. The van der Waals surface area contributed by atoms with E-state index < -0.39 is 23.1 Å². The summed E-state index contributed by atoms with van der Waals surface area (Å²) in [6.07, 6.45) is -3.14. The van der Waals surface area contributed by atoms with Gasteiger partial charge < -0.3 is 11.1 Å². The molecule has 0 radical (unpaired) electrons. The Labute approximate surface area is 160 Å². The van der Waals surface area contributed by atoms with Crippen molar-refractivity contribution >= 4 is 18.3 Å². The number of carbonyl (C=O) groups excluding carboxylic acids is 1. The Morgan fingerprint density at radius 3 is 2.59 bits per heavy atom. The van der Waals surface area contributed by atoms with E-state index >= 15 is 0 Å². The lowest BCUT2D eigenvalue weighted by molar-refractivity contribution is -0.137. The lowest BCUT2D eigenvalue weighted by atomic mass is 10.2. The Bertz CT molecular complexity index is 853. The van der Waals surface area contributed by atoms with Crippen molar-refractivity contribution in [1.29, 1.82) is 0 Å². The fourth-order valence-electron chi connectivity index (χ4n) is 2.34. The van der Waals surface area contributed by atoms with Crippen LogP contribution >= 0.6 is 12.4 Å². The van der Waals surface area contributed by atoms with E-state index in [4.69, 9.17) is 5.73 Å². The predicted octanol–water partition coefficient (Wildman–Crippen LogP) is 2.45. The summed E-state index contributed by atoms with van der Waals surface area (Å²) < 4.78 is 39.9. The molecule has 2 rings (SSSR count). The standard InChI is InChI=1S/C17H19F3N4O2.ClH/c1-11-9-14(25)15(16(26)22-8-3-2-7-21)23-24(11)13-6-4-5-12(10-13)17(18,19)20;/h4-6,9-10H,2-3,7-8,21H2,1H3,(H,22,26);1H. The number of hydrogen-bond acceptors (Lipinski definition) is 4. The molecular weight excluding hydrogens is 385 g/mol. The van der Waals surface area contributed by atoms with Gasteiger partial charge in [0, 0.05) is 18.3 Å². The number of halogens is 4. The van der Waals surface area contributed by atoms with E-state index in [1.165, 1.54) is 25.1 Å². The molecule has 6 nitrogen and oxygen atoms in total. The summed E-state index contributed by atoms with van der Waals surface area (Å²) in [6, 6.07) is 5.68. The summed E-state index contributed by atoms with van der Waals surface area (Å²) in [5.74, 6) is -0.673. The lowest BCUT2D eigenvalue weighted by Crippen LogP contribution is -2.32. The van der Waals surface area contributed by atoms with Gasteiger partial charge in [-0.15, -0.1) is 12.4 Å². The monoisotopic (exact) mass is 404 g/mol. The Morgan fingerprint density at radius 2 is 1.96 bits per heavy atom. The molecule has 1 heterocycles. The van der Waals surface area contributed by atoms with Crippen LogP contribution in [0.3, 0.4) is 0 Å². The summed E-state index contributed by atoms with van der Waals surface area (Å²) >= 11 is 0. The summed E-state index contributed by atoms with van der Waals surface area (Å²) in [7, 11) is 0. The van der Waals surface area contributed by atoms with E-state index in [9.17, 15) is 22.8 Å². The van der Waals surface area contributed by atoms with Gasteiger partial charge in [0.1, 0.15) is 0 Å². The Morgan fingerprint density at radius 1 is 1.26 bits per heavy atom. The van der Waals surface area contributed by atoms with Gasteiger partial charge in [0.2, 0.25) is 5.43 Å². The first-order valence-electron chi connectivity index (χ1n) is 8.01. The number of carbonyl (C=O) groups is 1. The zero-order valence-corrected chi connectivity index (χ0v) is 15.4. The van der Waals surface area contributed by atoms with Crippen molar-refractivity contribution in [3.05, 3.63) is 57.5 Å². The second kappa shape index (κ2) is 9.52. The molecule has 1 aromatic heterocycles. The number of benzene rings is 1. The van der Waals surface area contributed by atoms with Crippen LogP contribution in [0.25, 0.3) is 5.69 Å². The van der Waals surface area contributed by atoms with E-state index in [0.29, 0.717) is 25.2 Å². The maximum Gasteiger partial charge on any atom is 0.416 e. The van der Waals surface area contributed by atoms with Crippen molar-refractivity contribution in [2.45, 2.75) is 25.9 Å². The molecule has 0 unspecified atom stereocenters. The highest BCUT2D eigenvalue weighted by molar-refractivity contribution is 5.92. The van der Waals surface area contributed by atoms with Gasteiger partial charge in [-0.3, -0.25) is 9.59 Å². The van der Waals surface area contributed by atoms with Crippen LogP contribution in [0.2, 0.25) is 0 Å². The molecule has 2 aromatic rings. The number of nitrogens with one attached hydrogen (secondary N) is 1. The van der Waals surface area contributed by atoms with E-state index in [1.807, 2.05) is 0 Å². The minimum atomic E-state index is -4.51. The molecule has 0 atom stereocenters. The zero-order valence-electron chi connectivity index (χ0n) is 14.5. The third kappa shape index (κ3) is 5.80. The molecule has 0 spiro atoms. The summed E-state index contributed by atoms with van der Waals surface area (Å²) in [5, 5.41) is 6.52. The van der Waals surface area contributed by atoms with Gasteiger partial charge in [-0.2, -0.15) is 18.3 Å². The fraction of sp³-hybridized carbons (Fsp3) is 0.353. The molecule has 0 saturated heterocycles. The molecule has 1 aromatic carbocycles. The molecule has 1 amide bonds. The van der Waals surface area contributed by atoms with Crippen LogP contribution in [0.15, 0.2) is 35.1 Å². The Kier molecular flexibility index (Phi) is 7.98. The molecule has 0 bridgehead atoms. The molecule has 27 heavy (non-hydrogen) atoms. The minimum Gasteiger partial charge on any atom is -0.351 e. The molecule has 0 fully saturated rings. The number of unbranched alkanes of at least 4 members (excludes halogenated alkanes) is 1. The van der Waals surface area contributed by atoms with Crippen LogP contribution in [0.4, 0.5) is 13.2 Å². The molecule has 148 valence electrons. The minimum absolute atomic E-state index is 0. The van der Waals surface area contributed by atoms with E-state index in [-0.39, 0.29) is 23.8 Å². The molecule has 3 N–H and O–H groups in total. The van der Waals surface area contributed by atoms with Crippen LogP contribution in [0, 0.1) is 6.92 Å². The Balaban J connectivity index is 0.00000364. The number of aryl methyl sites for hydroxylation is 1. The van der Waals surface area contributed by atoms with Gasteiger partial charge in [-0.05, 0) is 44.5 Å². The van der Waals surface area contributed by atoms with Crippen LogP contribution in [0.1, 0.15) is 34.6 Å². The number of hydrogen-bond donors (Lipinski definition) is 2. The zero-order chi connectivity index (χ0) is 19.3. The number of amides is 1. The summed E-state index contributed by atoms with van der Waals surface area (Å²) in [6.45, 7) is 2.34. The normalized spacial score (nSPS) is 11.0. The third-order valence-electron chi connectivity index (χ3n) is 3.66. The second-order valence-electron chi connectivity index (χ2n) is 5.71. The average Bonchev–Trinajstić information content (AvgIpc) is 2.58. The first kappa shape index (κ1) is 22.7. The molecule has 10 heteroatoms.